The Bertz CT molecular complexity index is 1920. The summed E-state index contributed by atoms with van der Waals surface area (Å²) in [6.45, 7) is 18.1. The first-order valence-electron chi connectivity index (χ1n) is 17.4. The van der Waals surface area contributed by atoms with E-state index in [0.717, 1.165) is 12.8 Å². The van der Waals surface area contributed by atoms with Gasteiger partial charge in [-0.3, -0.25) is 0 Å². The molecule has 7 rings (SSSR count). The van der Waals surface area contributed by atoms with E-state index >= 15 is 0 Å². The summed E-state index contributed by atoms with van der Waals surface area (Å²) in [5.74, 6) is 1.15. The van der Waals surface area contributed by atoms with Crippen LogP contribution in [-0.2, 0) is 11.8 Å². The molecule has 4 aromatic rings. The van der Waals surface area contributed by atoms with Crippen molar-refractivity contribution in [2.75, 3.05) is 0 Å². The highest BCUT2D eigenvalue weighted by Crippen LogP contribution is 2.54. The van der Waals surface area contributed by atoms with Crippen molar-refractivity contribution in [1.29, 1.82) is 0 Å². The Morgan fingerprint density at radius 1 is 0.935 bits per heavy atom. The average molecular weight is 601 g/mol. The topological polar surface area (TPSA) is 0 Å². The number of hydrogen-bond acceptors (Lipinski definition) is 0. The Morgan fingerprint density at radius 2 is 1.72 bits per heavy atom. The van der Waals surface area contributed by atoms with Gasteiger partial charge >= 0.3 is 0 Å². The van der Waals surface area contributed by atoms with Crippen molar-refractivity contribution in [3.63, 3.8) is 0 Å². The first-order valence-corrected chi connectivity index (χ1v) is 17.4. The molecule has 1 saturated carbocycles. The van der Waals surface area contributed by atoms with Gasteiger partial charge in [-0.2, -0.15) is 0 Å². The van der Waals surface area contributed by atoms with Crippen molar-refractivity contribution in [3.05, 3.63) is 165 Å². The molecule has 0 amide bonds. The van der Waals surface area contributed by atoms with E-state index in [0.29, 0.717) is 11.8 Å². The summed E-state index contributed by atoms with van der Waals surface area (Å²) in [5, 5.41) is 0. The molecule has 2 unspecified atom stereocenters. The fraction of sp³-hybridized carbons (Fsp3) is 0.304. The highest BCUT2D eigenvalue weighted by atomic mass is 14.4. The lowest BCUT2D eigenvalue weighted by Crippen LogP contribution is -2.17. The summed E-state index contributed by atoms with van der Waals surface area (Å²) in [6.07, 6.45) is 16.0. The van der Waals surface area contributed by atoms with Crippen LogP contribution in [0.3, 0.4) is 0 Å². The van der Waals surface area contributed by atoms with Crippen molar-refractivity contribution in [1.82, 2.24) is 0 Å². The maximum Gasteiger partial charge on any atom is 0.0159 e. The lowest BCUT2D eigenvalue weighted by atomic mass is 9.73. The van der Waals surface area contributed by atoms with Crippen LogP contribution in [0, 0.1) is 6.92 Å². The molecule has 0 nitrogen and oxygen atoms in total. The molecule has 0 spiro atoms. The zero-order valence-corrected chi connectivity index (χ0v) is 28.6. The fourth-order valence-electron chi connectivity index (χ4n) is 8.55. The number of allylic oxidation sites excluding steroid dienone is 6. The number of benzene rings is 4. The van der Waals surface area contributed by atoms with Gasteiger partial charge in [-0.05, 0) is 136 Å². The first-order chi connectivity index (χ1) is 22.3. The number of fused-ring (bicyclic) bond motifs is 5. The predicted octanol–water partition coefficient (Wildman–Crippen LogP) is 12.6. The summed E-state index contributed by atoms with van der Waals surface area (Å²) < 4.78 is 0. The molecule has 3 aliphatic rings. The van der Waals surface area contributed by atoms with Gasteiger partial charge in [0.15, 0.2) is 0 Å². The molecule has 1 fully saturated rings. The summed E-state index contributed by atoms with van der Waals surface area (Å²) in [7, 11) is 0. The second-order valence-electron chi connectivity index (χ2n) is 14.4. The van der Waals surface area contributed by atoms with E-state index in [2.05, 4.69) is 145 Å². The standard InChI is InChI=1S/C46H48/c1-8-16-35(29(3)9-2)37-21-15-22-40(44(37)33-23-24-33)43(32-17-11-10-12-18-32)31(5)34-25-26-39-41(28-34)46(6,7)42-27-30(4)36-19-13-14-20-38(36)45(39)42/h8-12,14-18,20-22,25-28,31,33,43H,2,13,19,23-24H2,1,3-7H3/b16-8-,35-29+. The van der Waals surface area contributed by atoms with Gasteiger partial charge in [0.1, 0.15) is 0 Å². The SMILES string of the molecule is C=C/C(C)=C(\C=C/C)c1cccc(C(c2ccccc2)C(C)c2ccc3c(c2)C(C)(C)c2cc(C)c4c(c2-3)C=CCC4)c1C1CC1. The van der Waals surface area contributed by atoms with E-state index in [1.165, 1.54) is 85.2 Å². The monoisotopic (exact) mass is 600 g/mol. The van der Waals surface area contributed by atoms with Crippen LogP contribution in [0.5, 0.6) is 0 Å². The van der Waals surface area contributed by atoms with Gasteiger partial charge in [-0.15, -0.1) is 0 Å². The minimum absolute atomic E-state index is 0.0405. The van der Waals surface area contributed by atoms with E-state index < -0.39 is 0 Å². The summed E-state index contributed by atoms with van der Waals surface area (Å²) in [5.41, 5.74) is 20.0. The quantitative estimate of drug-likeness (QED) is 0.177. The van der Waals surface area contributed by atoms with Gasteiger partial charge in [0.05, 0.1) is 0 Å². The molecule has 4 aromatic carbocycles. The van der Waals surface area contributed by atoms with Crippen LogP contribution in [0.1, 0.15) is 127 Å². The number of hydrogen-bond donors (Lipinski definition) is 0. The molecule has 0 bridgehead atoms. The van der Waals surface area contributed by atoms with Gasteiger partial charge in [0, 0.05) is 11.3 Å². The summed E-state index contributed by atoms with van der Waals surface area (Å²) >= 11 is 0. The Morgan fingerprint density at radius 3 is 2.43 bits per heavy atom. The van der Waals surface area contributed by atoms with Crippen molar-refractivity contribution in [2.24, 2.45) is 0 Å². The largest absolute Gasteiger partial charge is 0.0988 e. The number of aryl methyl sites for hydroxylation is 1. The highest BCUT2D eigenvalue weighted by Gasteiger charge is 2.39. The molecule has 0 radical (unpaired) electrons. The minimum Gasteiger partial charge on any atom is -0.0988 e. The third kappa shape index (κ3) is 4.98. The van der Waals surface area contributed by atoms with Gasteiger partial charge in [-0.1, -0.05) is 131 Å². The zero-order chi connectivity index (χ0) is 32.2. The van der Waals surface area contributed by atoms with E-state index in [1.54, 1.807) is 5.56 Å². The maximum absolute atomic E-state index is 4.14. The lowest BCUT2D eigenvalue weighted by Gasteiger charge is -2.30. The lowest BCUT2D eigenvalue weighted by molar-refractivity contribution is 0.636. The molecule has 0 heterocycles. The van der Waals surface area contributed by atoms with Gasteiger partial charge in [0.25, 0.3) is 0 Å². The van der Waals surface area contributed by atoms with Crippen LogP contribution in [-0.4, -0.2) is 0 Å². The average Bonchev–Trinajstić information content (AvgIpc) is 3.89. The Labute approximate surface area is 277 Å². The van der Waals surface area contributed by atoms with Crippen LogP contribution >= 0.6 is 0 Å². The Hall–Kier alpha value is -4.16. The summed E-state index contributed by atoms with van der Waals surface area (Å²) in [6, 6.07) is 28.3. The van der Waals surface area contributed by atoms with Crippen LogP contribution in [0.4, 0.5) is 0 Å². The Kier molecular flexibility index (Phi) is 7.88. The normalized spacial score (nSPS) is 18.0. The van der Waals surface area contributed by atoms with Crippen molar-refractivity contribution < 1.29 is 0 Å². The third-order valence-corrected chi connectivity index (χ3v) is 11.2. The zero-order valence-electron chi connectivity index (χ0n) is 28.6. The first kappa shape index (κ1) is 30.5. The second-order valence-corrected chi connectivity index (χ2v) is 14.4. The maximum atomic E-state index is 4.14. The highest BCUT2D eigenvalue weighted by molar-refractivity contribution is 5.89. The molecular weight excluding hydrogens is 553 g/mol. The molecule has 232 valence electrons. The third-order valence-electron chi connectivity index (χ3n) is 11.2. The van der Waals surface area contributed by atoms with E-state index in [1.807, 2.05) is 6.08 Å². The predicted molar refractivity (Wildman–Crippen MR) is 199 cm³/mol. The molecule has 46 heavy (non-hydrogen) atoms. The molecule has 0 aromatic heterocycles. The summed E-state index contributed by atoms with van der Waals surface area (Å²) in [4.78, 5) is 0. The Balaban J connectivity index is 1.40. The van der Waals surface area contributed by atoms with Gasteiger partial charge in [-0.25, -0.2) is 0 Å². The van der Waals surface area contributed by atoms with E-state index in [4.69, 9.17) is 0 Å². The van der Waals surface area contributed by atoms with Crippen molar-refractivity contribution in [3.8, 4) is 11.1 Å². The van der Waals surface area contributed by atoms with Gasteiger partial charge < -0.3 is 0 Å². The fourth-order valence-corrected chi connectivity index (χ4v) is 8.55. The molecule has 0 N–H and O–H groups in total. The molecule has 0 saturated heterocycles. The molecule has 0 aliphatic heterocycles. The van der Waals surface area contributed by atoms with Crippen LogP contribution in [0.15, 0.2) is 109 Å². The number of rotatable bonds is 8. The van der Waals surface area contributed by atoms with Gasteiger partial charge in [0.2, 0.25) is 0 Å². The van der Waals surface area contributed by atoms with Crippen LogP contribution < -0.4 is 0 Å². The smallest absolute Gasteiger partial charge is 0.0159 e. The van der Waals surface area contributed by atoms with Crippen LogP contribution in [0.25, 0.3) is 22.8 Å². The molecule has 3 aliphatic carbocycles. The second kappa shape index (κ2) is 11.9. The van der Waals surface area contributed by atoms with Crippen LogP contribution in [0.2, 0.25) is 0 Å². The van der Waals surface area contributed by atoms with Crippen molar-refractivity contribution in [2.45, 2.75) is 90.4 Å². The molecule has 0 heteroatoms. The molecular formula is C46H48. The van der Waals surface area contributed by atoms with Crippen molar-refractivity contribution >= 4 is 11.6 Å². The van der Waals surface area contributed by atoms with E-state index in [9.17, 15) is 0 Å². The minimum atomic E-state index is -0.0405. The molecule has 2 atom stereocenters. The van der Waals surface area contributed by atoms with E-state index in [-0.39, 0.29) is 11.3 Å².